The summed E-state index contributed by atoms with van der Waals surface area (Å²) in [6.07, 6.45) is 6.31. The summed E-state index contributed by atoms with van der Waals surface area (Å²) in [5.41, 5.74) is 1.16. The van der Waals surface area contributed by atoms with Crippen molar-refractivity contribution >= 4 is 11.9 Å². The molecule has 0 saturated heterocycles. The summed E-state index contributed by atoms with van der Waals surface area (Å²) in [4.78, 5) is 33.0. The molecule has 1 saturated carbocycles. The molecule has 0 bridgehead atoms. The highest BCUT2D eigenvalue weighted by molar-refractivity contribution is 5.95. The molecule has 0 unspecified atom stereocenters. The summed E-state index contributed by atoms with van der Waals surface area (Å²) >= 11 is 0. The van der Waals surface area contributed by atoms with Gasteiger partial charge in [0.15, 0.2) is 5.75 Å². The number of carbonyl (C=O) groups excluding carboxylic acids is 1. The molecule has 2 aromatic heterocycles. The Labute approximate surface area is 188 Å². The van der Waals surface area contributed by atoms with Crippen LogP contribution in [0.3, 0.4) is 0 Å². The second kappa shape index (κ2) is 10.2. The van der Waals surface area contributed by atoms with Gasteiger partial charge in [0.1, 0.15) is 0 Å². The van der Waals surface area contributed by atoms with Crippen molar-refractivity contribution in [2.24, 2.45) is 0 Å². The standard InChI is InChI=1S/C23H23F2N5O3/c24-22(25)33-18-12-26-23(27-13-18)29-17-9-8-16(11-17)28-21(32)19-6-2-1-5-15(19)14-30-10-4-3-7-20(30)31/h1-7,10,12-13,16-17,22H,8-9,11,14H2,(H,28,32)(H,26,27,29)/t16-,17-/m0/s1. The second-order valence-corrected chi connectivity index (χ2v) is 7.77. The third kappa shape index (κ3) is 5.91. The zero-order valence-electron chi connectivity index (χ0n) is 17.7. The van der Waals surface area contributed by atoms with Crippen molar-refractivity contribution in [2.75, 3.05) is 5.32 Å². The van der Waals surface area contributed by atoms with E-state index in [1.807, 2.05) is 12.1 Å². The van der Waals surface area contributed by atoms with Crippen LogP contribution in [0.5, 0.6) is 5.75 Å². The molecule has 1 fully saturated rings. The Morgan fingerprint density at radius 3 is 2.58 bits per heavy atom. The molecule has 10 heteroatoms. The van der Waals surface area contributed by atoms with Gasteiger partial charge in [0.2, 0.25) is 5.95 Å². The molecule has 1 aliphatic rings. The first-order valence-corrected chi connectivity index (χ1v) is 10.6. The fraction of sp³-hybridized carbons (Fsp3) is 0.304. The van der Waals surface area contributed by atoms with Crippen LogP contribution in [0.25, 0.3) is 0 Å². The largest absolute Gasteiger partial charge is 0.432 e. The second-order valence-electron chi connectivity index (χ2n) is 7.77. The van der Waals surface area contributed by atoms with Gasteiger partial charge >= 0.3 is 6.61 Å². The molecular formula is C23H23F2N5O3. The first-order chi connectivity index (χ1) is 16.0. The zero-order chi connectivity index (χ0) is 23.2. The van der Waals surface area contributed by atoms with Gasteiger partial charge in [-0.1, -0.05) is 24.3 Å². The lowest BCUT2D eigenvalue weighted by Gasteiger charge is -2.16. The number of carbonyl (C=O) groups is 1. The average molecular weight is 455 g/mol. The first kappa shape index (κ1) is 22.4. The Hall–Kier alpha value is -3.82. The molecule has 1 aromatic carbocycles. The predicted molar refractivity (Wildman–Crippen MR) is 117 cm³/mol. The monoisotopic (exact) mass is 455 g/mol. The summed E-state index contributed by atoms with van der Waals surface area (Å²) in [5, 5.41) is 6.23. The maximum Gasteiger partial charge on any atom is 0.387 e. The Morgan fingerprint density at radius 1 is 1.09 bits per heavy atom. The summed E-state index contributed by atoms with van der Waals surface area (Å²) < 4.78 is 30.3. The number of amides is 1. The molecule has 2 heterocycles. The van der Waals surface area contributed by atoms with E-state index in [4.69, 9.17) is 0 Å². The maximum absolute atomic E-state index is 13.0. The van der Waals surface area contributed by atoms with E-state index in [2.05, 4.69) is 25.3 Å². The van der Waals surface area contributed by atoms with E-state index in [0.29, 0.717) is 24.5 Å². The normalized spacial score (nSPS) is 17.7. The summed E-state index contributed by atoms with van der Waals surface area (Å²) in [6.45, 7) is -2.62. The van der Waals surface area contributed by atoms with Gasteiger partial charge in [-0.25, -0.2) is 9.97 Å². The quantitative estimate of drug-likeness (QED) is 0.542. The van der Waals surface area contributed by atoms with Crippen molar-refractivity contribution in [3.63, 3.8) is 0 Å². The predicted octanol–water partition coefficient (Wildman–Crippen LogP) is 3.05. The number of halogens is 2. The highest BCUT2D eigenvalue weighted by Crippen LogP contribution is 2.23. The molecule has 2 N–H and O–H groups in total. The molecule has 0 radical (unpaired) electrons. The number of ether oxygens (including phenoxy) is 1. The Balaban J connectivity index is 1.34. The van der Waals surface area contributed by atoms with Crippen molar-refractivity contribution in [3.8, 4) is 5.75 Å². The lowest BCUT2D eigenvalue weighted by atomic mass is 10.1. The zero-order valence-corrected chi connectivity index (χ0v) is 17.7. The van der Waals surface area contributed by atoms with Crippen molar-refractivity contribution in [2.45, 2.75) is 44.5 Å². The molecule has 1 aliphatic carbocycles. The first-order valence-electron chi connectivity index (χ1n) is 10.6. The molecule has 3 aromatic rings. The van der Waals surface area contributed by atoms with Crippen LogP contribution in [0.1, 0.15) is 35.2 Å². The number of hydrogen-bond acceptors (Lipinski definition) is 6. The average Bonchev–Trinajstić information content (AvgIpc) is 3.23. The van der Waals surface area contributed by atoms with Crippen LogP contribution < -0.4 is 20.9 Å². The lowest BCUT2D eigenvalue weighted by Crippen LogP contribution is -2.34. The number of aromatic nitrogens is 3. The van der Waals surface area contributed by atoms with E-state index in [-0.39, 0.29) is 29.3 Å². The number of nitrogens with zero attached hydrogens (tertiary/aromatic N) is 3. The van der Waals surface area contributed by atoms with Gasteiger partial charge < -0.3 is 19.9 Å². The van der Waals surface area contributed by atoms with Crippen molar-refractivity contribution in [3.05, 3.63) is 82.5 Å². The number of nitrogens with one attached hydrogen (secondary N) is 2. The SMILES string of the molecule is O=C(N[C@H]1CC[C@H](Nc2ncc(OC(F)F)cn2)C1)c1ccccc1Cn1ccccc1=O. The maximum atomic E-state index is 13.0. The van der Waals surface area contributed by atoms with E-state index < -0.39 is 6.61 Å². The van der Waals surface area contributed by atoms with Crippen LogP contribution in [0, 0.1) is 0 Å². The number of anilines is 1. The highest BCUT2D eigenvalue weighted by atomic mass is 19.3. The van der Waals surface area contributed by atoms with Crippen molar-refractivity contribution in [1.29, 1.82) is 0 Å². The molecule has 4 rings (SSSR count). The minimum atomic E-state index is -2.93. The van der Waals surface area contributed by atoms with Gasteiger partial charge in [0.05, 0.1) is 18.9 Å². The van der Waals surface area contributed by atoms with E-state index in [9.17, 15) is 18.4 Å². The van der Waals surface area contributed by atoms with Crippen LogP contribution >= 0.6 is 0 Å². The van der Waals surface area contributed by atoms with Gasteiger partial charge in [-0.15, -0.1) is 0 Å². The molecule has 2 atom stereocenters. The van der Waals surface area contributed by atoms with Crippen LogP contribution in [-0.2, 0) is 6.54 Å². The van der Waals surface area contributed by atoms with Gasteiger partial charge in [-0.3, -0.25) is 9.59 Å². The van der Waals surface area contributed by atoms with E-state index >= 15 is 0 Å². The Bertz CT molecular complexity index is 1150. The van der Waals surface area contributed by atoms with Gasteiger partial charge in [0, 0.05) is 29.9 Å². The van der Waals surface area contributed by atoms with Crippen LogP contribution in [0.15, 0.2) is 65.8 Å². The molecular weight excluding hydrogens is 432 g/mol. The van der Waals surface area contributed by atoms with Crippen molar-refractivity contribution < 1.29 is 18.3 Å². The highest BCUT2D eigenvalue weighted by Gasteiger charge is 2.27. The third-order valence-electron chi connectivity index (χ3n) is 5.46. The number of alkyl halides is 2. The van der Waals surface area contributed by atoms with Gasteiger partial charge in [-0.2, -0.15) is 8.78 Å². The number of rotatable bonds is 8. The third-order valence-corrected chi connectivity index (χ3v) is 5.46. The van der Waals surface area contributed by atoms with Crippen LogP contribution in [0.2, 0.25) is 0 Å². The van der Waals surface area contributed by atoms with Crippen LogP contribution in [-0.4, -0.2) is 39.1 Å². The minimum Gasteiger partial charge on any atom is -0.432 e. The molecule has 0 spiro atoms. The van der Waals surface area contributed by atoms with Crippen LogP contribution in [0.4, 0.5) is 14.7 Å². The Kier molecular flexibility index (Phi) is 6.92. The number of pyridine rings is 1. The van der Waals surface area contributed by atoms with Gasteiger partial charge in [-0.05, 0) is 37.0 Å². The fourth-order valence-electron chi connectivity index (χ4n) is 3.90. The van der Waals surface area contributed by atoms with E-state index in [1.54, 1.807) is 35.0 Å². The smallest absolute Gasteiger partial charge is 0.387 e. The fourth-order valence-corrected chi connectivity index (χ4v) is 3.90. The topological polar surface area (TPSA) is 98.1 Å². The summed E-state index contributed by atoms with van der Waals surface area (Å²) in [5.74, 6) is 0.0146. The molecule has 1 amide bonds. The molecule has 33 heavy (non-hydrogen) atoms. The minimum absolute atomic E-state index is 0.0373. The number of benzene rings is 1. The molecule has 0 aliphatic heterocycles. The van der Waals surface area contributed by atoms with Crippen molar-refractivity contribution in [1.82, 2.24) is 19.9 Å². The summed E-state index contributed by atoms with van der Waals surface area (Å²) in [7, 11) is 0. The number of hydrogen-bond donors (Lipinski definition) is 2. The van der Waals surface area contributed by atoms with E-state index in [0.717, 1.165) is 18.4 Å². The Morgan fingerprint density at radius 2 is 1.82 bits per heavy atom. The van der Waals surface area contributed by atoms with E-state index in [1.165, 1.54) is 18.5 Å². The lowest BCUT2D eigenvalue weighted by molar-refractivity contribution is -0.0503. The molecule has 8 nitrogen and oxygen atoms in total. The molecule has 172 valence electrons. The summed E-state index contributed by atoms with van der Waals surface area (Å²) in [6, 6.07) is 12.2. The van der Waals surface area contributed by atoms with Gasteiger partial charge in [0.25, 0.3) is 11.5 Å².